The fourth-order valence-electron chi connectivity index (χ4n) is 8.75. The Labute approximate surface area is 319 Å². The van der Waals surface area contributed by atoms with E-state index in [-0.39, 0.29) is 0 Å². The van der Waals surface area contributed by atoms with Gasteiger partial charge >= 0.3 is 0 Å². The van der Waals surface area contributed by atoms with Gasteiger partial charge in [-0.15, -0.1) is 0 Å². The molecule has 0 radical (unpaired) electrons. The third kappa shape index (κ3) is 4.77. The molecule has 3 nitrogen and oxygen atoms in total. The molecule has 258 valence electrons. The average Bonchev–Trinajstić information content (AvgIpc) is 3.66. The summed E-state index contributed by atoms with van der Waals surface area (Å²) in [6, 6.07) is 69.9. The average molecular weight is 721 g/mol. The van der Waals surface area contributed by atoms with Crippen molar-refractivity contribution in [2.45, 2.75) is 0 Å². The van der Waals surface area contributed by atoms with Gasteiger partial charge in [-0.2, -0.15) is 0 Å². The van der Waals surface area contributed by atoms with Gasteiger partial charge in [0.1, 0.15) is 5.82 Å². The zero-order valence-corrected chi connectivity index (χ0v) is 30.7. The van der Waals surface area contributed by atoms with E-state index in [1.54, 1.807) is 0 Å². The van der Waals surface area contributed by atoms with Crippen LogP contribution in [0.15, 0.2) is 200 Å². The van der Waals surface area contributed by atoms with Crippen molar-refractivity contribution in [3.8, 4) is 50.5 Å². The van der Waals surface area contributed by atoms with Crippen molar-refractivity contribution >= 4 is 55.6 Å². The molecule has 9 aromatic carbocycles. The Morgan fingerprint density at radius 1 is 0.400 bits per heavy atom. The molecule has 1 atom stereocenters. The SMILES string of the molecule is O=P1(c2ccccc2)c2cc(-c3ccc(-c4c5ccccc5c(-c5ccccc5)c5ccccc45)cc3)ccc2-n2c(-c3ccccc3)nc3cccc1c32. The summed E-state index contributed by atoms with van der Waals surface area (Å²) in [5.41, 5.74) is 10.6. The van der Waals surface area contributed by atoms with Gasteiger partial charge in [-0.3, -0.25) is 4.57 Å². The fraction of sp³-hybridized carbons (Fsp3) is 0. The number of nitrogens with zero attached hydrogens (tertiary/aromatic N) is 2. The summed E-state index contributed by atoms with van der Waals surface area (Å²) in [4.78, 5) is 5.14. The van der Waals surface area contributed by atoms with Gasteiger partial charge in [-0.1, -0.05) is 176 Å². The van der Waals surface area contributed by atoms with Gasteiger partial charge in [-0.05, 0) is 79.2 Å². The molecular weight excluding hydrogens is 688 g/mol. The first-order chi connectivity index (χ1) is 27.2. The van der Waals surface area contributed by atoms with Gasteiger partial charge in [0.15, 0.2) is 7.14 Å². The Balaban J connectivity index is 1.10. The molecule has 0 spiro atoms. The standard InChI is InChI=1S/C51H33N2OP/c54-55(39-19-8-3-9-20-39)46-26-14-25-44-50(46)53(51(52-44)37-17-6-2-7-18-37)45-32-31-38(33-47(45)55)34-27-29-36(30-28-34)49-42-23-12-10-21-40(42)48(35-15-4-1-5-16-35)41-22-11-13-24-43(41)49/h1-33H. The molecule has 1 aromatic heterocycles. The van der Waals surface area contributed by atoms with E-state index in [9.17, 15) is 0 Å². The molecule has 10 aromatic rings. The monoisotopic (exact) mass is 720 g/mol. The lowest BCUT2D eigenvalue weighted by atomic mass is 9.86. The molecule has 2 heterocycles. The molecule has 1 aliphatic heterocycles. The van der Waals surface area contributed by atoms with Crippen LogP contribution in [0.4, 0.5) is 0 Å². The Bertz CT molecular complexity index is 3090. The first-order valence-corrected chi connectivity index (χ1v) is 20.4. The Kier molecular flexibility index (Phi) is 7.14. The van der Waals surface area contributed by atoms with Gasteiger partial charge in [0.25, 0.3) is 0 Å². The highest BCUT2D eigenvalue weighted by Gasteiger charge is 2.40. The third-order valence-electron chi connectivity index (χ3n) is 11.2. The van der Waals surface area contributed by atoms with Crippen molar-refractivity contribution in [2.24, 2.45) is 0 Å². The molecule has 1 unspecified atom stereocenters. The lowest BCUT2D eigenvalue weighted by Gasteiger charge is -2.29. The highest BCUT2D eigenvalue weighted by molar-refractivity contribution is 7.86. The molecule has 11 rings (SSSR count). The van der Waals surface area contributed by atoms with Crippen LogP contribution in [0.25, 0.3) is 83.0 Å². The van der Waals surface area contributed by atoms with Crippen LogP contribution in [0.2, 0.25) is 0 Å². The highest BCUT2D eigenvalue weighted by atomic mass is 31.2. The molecule has 0 aliphatic carbocycles. The van der Waals surface area contributed by atoms with Crippen molar-refractivity contribution in [2.75, 3.05) is 0 Å². The topological polar surface area (TPSA) is 34.9 Å². The lowest BCUT2D eigenvalue weighted by molar-refractivity contribution is 0.592. The molecule has 0 bridgehead atoms. The number of imidazole rings is 1. The largest absolute Gasteiger partial charge is 0.308 e. The zero-order valence-electron chi connectivity index (χ0n) is 29.8. The second-order valence-corrected chi connectivity index (χ2v) is 16.9. The van der Waals surface area contributed by atoms with Gasteiger partial charge in [-0.25, -0.2) is 4.98 Å². The Morgan fingerprint density at radius 3 is 1.49 bits per heavy atom. The van der Waals surface area contributed by atoms with Crippen molar-refractivity contribution in [3.63, 3.8) is 0 Å². The van der Waals surface area contributed by atoms with E-state index < -0.39 is 7.14 Å². The maximum absolute atomic E-state index is 16.0. The van der Waals surface area contributed by atoms with E-state index in [0.717, 1.165) is 60.7 Å². The van der Waals surface area contributed by atoms with Crippen LogP contribution in [-0.4, -0.2) is 9.55 Å². The molecule has 0 fully saturated rings. The van der Waals surface area contributed by atoms with Crippen molar-refractivity contribution < 1.29 is 4.57 Å². The zero-order chi connectivity index (χ0) is 36.5. The maximum atomic E-state index is 16.0. The van der Waals surface area contributed by atoms with Crippen LogP contribution < -0.4 is 15.9 Å². The van der Waals surface area contributed by atoms with Crippen LogP contribution in [0.3, 0.4) is 0 Å². The van der Waals surface area contributed by atoms with Crippen molar-refractivity contribution in [1.29, 1.82) is 0 Å². The van der Waals surface area contributed by atoms with Crippen LogP contribution in [0.5, 0.6) is 0 Å². The summed E-state index contributed by atoms with van der Waals surface area (Å²) in [5.74, 6) is 0.846. The minimum absolute atomic E-state index is 0.822. The summed E-state index contributed by atoms with van der Waals surface area (Å²) in [7, 11) is -3.29. The van der Waals surface area contributed by atoms with Crippen LogP contribution >= 0.6 is 7.14 Å². The number of benzene rings is 9. The summed E-state index contributed by atoms with van der Waals surface area (Å²) >= 11 is 0. The van der Waals surface area contributed by atoms with Crippen LogP contribution in [-0.2, 0) is 4.57 Å². The Morgan fingerprint density at radius 2 is 0.891 bits per heavy atom. The summed E-state index contributed by atoms with van der Waals surface area (Å²) in [6.45, 7) is 0. The highest BCUT2D eigenvalue weighted by Crippen LogP contribution is 2.51. The predicted octanol–water partition coefficient (Wildman–Crippen LogP) is 12.0. The van der Waals surface area contributed by atoms with E-state index in [1.165, 1.54) is 38.2 Å². The molecule has 0 N–H and O–H groups in total. The summed E-state index contributed by atoms with van der Waals surface area (Å²) in [5, 5.41) is 7.40. The van der Waals surface area contributed by atoms with Crippen molar-refractivity contribution in [1.82, 2.24) is 9.55 Å². The maximum Gasteiger partial charge on any atom is 0.175 e. The minimum atomic E-state index is -3.29. The second-order valence-electron chi connectivity index (χ2n) is 14.2. The summed E-state index contributed by atoms with van der Waals surface area (Å²) in [6.07, 6.45) is 0. The second kappa shape index (κ2) is 12.4. The lowest BCUT2D eigenvalue weighted by Crippen LogP contribution is -2.33. The predicted molar refractivity (Wildman–Crippen MR) is 231 cm³/mol. The van der Waals surface area contributed by atoms with E-state index in [2.05, 4.69) is 138 Å². The first-order valence-electron chi connectivity index (χ1n) is 18.7. The fourth-order valence-corrected chi connectivity index (χ4v) is 11.8. The smallest absolute Gasteiger partial charge is 0.175 e. The molecule has 0 saturated carbocycles. The number of para-hydroxylation sites is 1. The number of aromatic nitrogens is 2. The van der Waals surface area contributed by atoms with Gasteiger partial charge < -0.3 is 4.57 Å². The minimum Gasteiger partial charge on any atom is -0.308 e. The van der Waals surface area contributed by atoms with Gasteiger partial charge in [0, 0.05) is 21.5 Å². The van der Waals surface area contributed by atoms with E-state index in [4.69, 9.17) is 4.98 Å². The molecular formula is C51H33N2OP. The van der Waals surface area contributed by atoms with E-state index in [1.807, 2.05) is 66.7 Å². The molecule has 1 aliphatic rings. The Hall–Kier alpha value is -6.80. The number of hydrogen-bond acceptors (Lipinski definition) is 2. The normalized spacial score (nSPS) is 14.7. The molecule has 4 heteroatoms. The van der Waals surface area contributed by atoms with Crippen LogP contribution in [0, 0.1) is 0 Å². The third-order valence-corrected chi connectivity index (χ3v) is 14.3. The van der Waals surface area contributed by atoms with Gasteiger partial charge in [0.05, 0.1) is 16.7 Å². The summed E-state index contributed by atoms with van der Waals surface area (Å²) < 4.78 is 18.2. The van der Waals surface area contributed by atoms with Crippen LogP contribution in [0.1, 0.15) is 0 Å². The number of hydrogen-bond donors (Lipinski definition) is 0. The molecule has 0 saturated heterocycles. The van der Waals surface area contributed by atoms with Crippen molar-refractivity contribution in [3.05, 3.63) is 200 Å². The molecule has 0 amide bonds. The molecule has 55 heavy (non-hydrogen) atoms. The van der Waals surface area contributed by atoms with E-state index >= 15 is 4.57 Å². The van der Waals surface area contributed by atoms with E-state index in [0.29, 0.717) is 0 Å². The number of rotatable bonds is 5. The quantitative estimate of drug-likeness (QED) is 0.131. The number of fused-ring (bicyclic) bond motifs is 4. The first kappa shape index (κ1) is 31.7. The van der Waals surface area contributed by atoms with Gasteiger partial charge in [0.2, 0.25) is 0 Å².